The molecule has 3 rings (SSSR count). The van der Waals surface area contributed by atoms with Gasteiger partial charge in [-0.3, -0.25) is 9.13 Å². The van der Waals surface area contributed by atoms with Gasteiger partial charge < -0.3 is 5.32 Å². The lowest BCUT2D eigenvalue weighted by Crippen LogP contribution is -2.36. The van der Waals surface area contributed by atoms with Crippen LogP contribution in [0.1, 0.15) is 6.42 Å². The van der Waals surface area contributed by atoms with Crippen LogP contribution >= 0.6 is 12.4 Å². The minimum Gasteiger partial charge on any atom is -0.315 e. The SMILES string of the molecule is Cl.Cn1c(=O)n(C)c2cc(S(=O)(=O)NC3CCNC3)ccc21. The number of benzene rings is 1. The number of rotatable bonds is 3. The molecular formula is C13H19ClN4O3S. The number of aryl methyl sites for hydroxylation is 2. The van der Waals surface area contributed by atoms with Gasteiger partial charge >= 0.3 is 5.69 Å². The third kappa shape index (κ3) is 2.79. The minimum absolute atomic E-state index is 0. The average Bonchev–Trinajstić information content (AvgIpc) is 3.02. The molecule has 2 heterocycles. The molecule has 0 saturated carbocycles. The van der Waals surface area contributed by atoms with Crippen LogP contribution < -0.4 is 15.7 Å². The molecule has 0 bridgehead atoms. The van der Waals surface area contributed by atoms with Gasteiger partial charge in [0.05, 0.1) is 15.9 Å². The van der Waals surface area contributed by atoms with Crippen LogP contribution in [0.3, 0.4) is 0 Å². The van der Waals surface area contributed by atoms with E-state index in [0.717, 1.165) is 13.0 Å². The largest absolute Gasteiger partial charge is 0.328 e. The Bertz CT molecular complexity index is 850. The second kappa shape index (κ2) is 6.04. The van der Waals surface area contributed by atoms with Crippen LogP contribution in [0.15, 0.2) is 27.9 Å². The van der Waals surface area contributed by atoms with Crippen LogP contribution in [0.5, 0.6) is 0 Å². The van der Waals surface area contributed by atoms with E-state index in [0.29, 0.717) is 17.6 Å². The summed E-state index contributed by atoms with van der Waals surface area (Å²) < 4.78 is 30.4. The topological polar surface area (TPSA) is 85.1 Å². The lowest BCUT2D eigenvalue weighted by molar-refractivity contribution is 0.560. The van der Waals surface area contributed by atoms with E-state index in [-0.39, 0.29) is 29.0 Å². The number of imidazole rings is 1. The maximum atomic E-state index is 12.4. The van der Waals surface area contributed by atoms with Crippen LogP contribution in [0.25, 0.3) is 11.0 Å². The number of sulfonamides is 1. The van der Waals surface area contributed by atoms with Gasteiger partial charge in [0.2, 0.25) is 10.0 Å². The van der Waals surface area contributed by atoms with Crippen molar-refractivity contribution in [1.82, 2.24) is 19.2 Å². The fourth-order valence-corrected chi connectivity index (χ4v) is 3.99. The normalized spacial score (nSPS) is 18.5. The van der Waals surface area contributed by atoms with E-state index in [1.54, 1.807) is 26.2 Å². The van der Waals surface area contributed by atoms with Crippen molar-refractivity contribution >= 4 is 33.5 Å². The maximum absolute atomic E-state index is 12.4. The van der Waals surface area contributed by atoms with Crippen LogP contribution in [0.2, 0.25) is 0 Å². The quantitative estimate of drug-likeness (QED) is 0.815. The molecule has 1 aromatic carbocycles. The van der Waals surface area contributed by atoms with Crippen molar-refractivity contribution in [3.8, 4) is 0 Å². The molecule has 1 unspecified atom stereocenters. The lowest BCUT2D eigenvalue weighted by Gasteiger charge is -2.12. The molecule has 1 fully saturated rings. The van der Waals surface area contributed by atoms with Gasteiger partial charge in [0.25, 0.3) is 0 Å². The zero-order valence-corrected chi connectivity index (χ0v) is 14.0. The van der Waals surface area contributed by atoms with Crippen LogP contribution in [0.4, 0.5) is 0 Å². The minimum atomic E-state index is -3.57. The average molecular weight is 347 g/mol. The third-order valence-corrected chi connectivity index (χ3v) is 5.45. The Morgan fingerprint density at radius 3 is 2.55 bits per heavy atom. The van der Waals surface area contributed by atoms with Gasteiger partial charge in [-0.2, -0.15) is 0 Å². The van der Waals surface area contributed by atoms with E-state index >= 15 is 0 Å². The van der Waals surface area contributed by atoms with E-state index in [9.17, 15) is 13.2 Å². The number of nitrogens with zero attached hydrogens (tertiary/aromatic N) is 2. The third-order valence-electron chi connectivity index (χ3n) is 3.94. The summed E-state index contributed by atoms with van der Waals surface area (Å²) in [5, 5.41) is 3.12. The second-order valence-electron chi connectivity index (χ2n) is 5.36. The van der Waals surface area contributed by atoms with Gasteiger partial charge in [-0.05, 0) is 31.2 Å². The van der Waals surface area contributed by atoms with Crippen LogP contribution in [-0.4, -0.2) is 36.7 Å². The van der Waals surface area contributed by atoms with Crippen LogP contribution in [0, 0.1) is 0 Å². The number of aromatic nitrogens is 2. The van der Waals surface area contributed by atoms with Gasteiger partial charge in [-0.1, -0.05) is 0 Å². The molecular weight excluding hydrogens is 328 g/mol. The highest BCUT2D eigenvalue weighted by Crippen LogP contribution is 2.18. The first-order valence-corrected chi connectivity index (χ1v) is 8.27. The van der Waals surface area contributed by atoms with E-state index < -0.39 is 10.0 Å². The zero-order valence-electron chi connectivity index (χ0n) is 12.4. The van der Waals surface area contributed by atoms with Crippen molar-refractivity contribution < 1.29 is 8.42 Å². The van der Waals surface area contributed by atoms with E-state index in [1.807, 2.05) is 0 Å². The highest BCUT2D eigenvalue weighted by molar-refractivity contribution is 7.89. The smallest absolute Gasteiger partial charge is 0.315 e. The summed E-state index contributed by atoms with van der Waals surface area (Å²) in [4.78, 5) is 12.1. The van der Waals surface area contributed by atoms with Crippen molar-refractivity contribution in [2.75, 3.05) is 13.1 Å². The Balaban J connectivity index is 0.00000176. The Kier molecular flexibility index (Phi) is 4.67. The molecule has 1 atom stereocenters. The molecule has 0 aliphatic carbocycles. The summed E-state index contributed by atoms with van der Waals surface area (Å²) >= 11 is 0. The summed E-state index contributed by atoms with van der Waals surface area (Å²) in [7, 11) is -0.268. The molecule has 1 aliphatic rings. The van der Waals surface area contributed by atoms with Crippen molar-refractivity contribution in [2.45, 2.75) is 17.4 Å². The van der Waals surface area contributed by atoms with Gasteiger partial charge in [-0.25, -0.2) is 17.9 Å². The van der Waals surface area contributed by atoms with Crippen LogP contribution in [-0.2, 0) is 24.1 Å². The first-order chi connectivity index (χ1) is 9.90. The van der Waals surface area contributed by atoms with Crippen molar-refractivity contribution in [2.24, 2.45) is 14.1 Å². The molecule has 0 spiro atoms. The zero-order chi connectivity index (χ0) is 15.2. The van der Waals surface area contributed by atoms with Crippen molar-refractivity contribution in [3.63, 3.8) is 0 Å². The number of nitrogens with one attached hydrogen (secondary N) is 2. The number of halogens is 1. The van der Waals surface area contributed by atoms with E-state index in [2.05, 4.69) is 10.0 Å². The summed E-state index contributed by atoms with van der Waals surface area (Å²) in [6.07, 6.45) is 0.783. The molecule has 2 N–H and O–H groups in total. The first kappa shape index (κ1) is 17.0. The first-order valence-electron chi connectivity index (χ1n) is 6.78. The highest BCUT2D eigenvalue weighted by atomic mass is 35.5. The molecule has 0 radical (unpaired) electrons. The fourth-order valence-electron chi connectivity index (χ4n) is 2.70. The Hall–Kier alpha value is -1.35. The fraction of sp³-hybridized carbons (Fsp3) is 0.462. The summed E-state index contributed by atoms with van der Waals surface area (Å²) in [6.45, 7) is 1.46. The molecule has 7 nitrogen and oxygen atoms in total. The number of hydrogen-bond acceptors (Lipinski definition) is 4. The molecule has 122 valence electrons. The molecule has 0 amide bonds. The standard InChI is InChI=1S/C13H18N4O3S.ClH/c1-16-11-4-3-10(7-12(11)17(2)13(16)18)21(19,20)15-9-5-6-14-8-9;/h3-4,7,9,14-15H,5-6,8H2,1-2H3;1H. The van der Waals surface area contributed by atoms with Gasteiger partial charge in [0.1, 0.15) is 0 Å². The summed E-state index contributed by atoms with van der Waals surface area (Å²) in [6, 6.07) is 4.66. The van der Waals surface area contributed by atoms with E-state index in [4.69, 9.17) is 0 Å². The van der Waals surface area contributed by atoms with Gasteiger partial charge in [0.15, 0.2) is 0 Å². The van der Waals surface area contributed by atoms with E-state index in [1.165, 1.54) is 15.2 Å². The number of fused-ring (bicyclic) bond motifs is 1. The number of hydrogen-bond donors (Lipinski definition) is 2. The molecule has 2 aromatic rings. The molecule has 9 heteroatoms. The summed E-state index contributed by atoms with van der Waals surface area (Å²) in [5.41, 5.74) is 1.14. The van der Waals surface area contributed by atoms with Gasteiger partial charge in [-0.15, -0.1) is 12.4 Å². The summed E-state index contributed by atoms with van der Waals surface area (Å²) in [5.74, 6) is 0. The lowest BCUT2D eigenvalue weighted by atomic mass is 10.3. The monoisotopic (exact) mass is 346 g/mol. The highest BCUT2D eigenvalue weighted by Gasteiger charge is 2.23. The predicted octanol–water partition coefficient (Wildman–Crippen LogP) is -0.0610. The predicted molar refractivity (Wildman–Crippen MR) is 87.0 cm³/mol. The molecule has 22 heavy (non-hydrogen) atoms. The molecule has 1 saturated heterocycles. The molecule has 1 aromatic heterocycles. The maximum Gasteiger partial charge on any atom is 0.328 e. The van der Waals surface area contributed by atoms with Gasteiger partial charge in [0, 0.05) is 26.7 Å². The van der Waals surface area contributed by atoms with Crippen molar-refractivity contribution in [3.05, 3.63) is 28.7 Å². The molecule has 1 aliphatic heterocycles. The second-order valence-corrected chi connectivity index (χ2v) is 7.08. The Morgan fingerprint density at radius 1 is 1.23 bits per heavy atom. The van der Waals surface area contributed by atoms with Crippen molar-refractivity contribution in [1.29, 1.82) is 0 Å². The Labute approximate surface area is 134 Å². The Morgan fingerprint density at radius 2 is 1.91 bits per heavy atom.